The van der Waals surface area contributed by atoms with Crippen LogP contribution in [0.2, 0.25) is 0 Å². The van der Waals surface area contributed by atoms with Crippen LogP contribution in [0.15, 0.2) is 24.3 Å². The van der Waals surface area contributed by atoms with E-state index in [-0.39, 0.29) is 0 Å². The summed E-state index contributed by atoms with van der Waals surface area (Å²) in [5.41, 5.74) is 2.75. The molecule has 0 bridgehead atoms. The second-order valence-corrected chi connectivity index (χ2v) is 6.99. The standard InChI is InChI=1S/C19H32N2/c1-15(2)17-6-5-12-21(13-11-17)14-19(20-4)18-9-7-16(3)8-10-18/h7-10,15,17,19-20H,5-6,11-14H2,1-4H3. The third-order valence-corrected chi connectivity index (χ3v) is 5.08. The van der Waals surface area contributed by atoms with E-state index in [1.807, 2.05) is 0 Å². The van der Waals surface area contributed by atoms with Crippen molar-refractivity contribution in [3.05, 3.63) is 35.4 Å². The summed E-state index contributed by atoms with van der Waals surface area (Å²) in [7, 11) is 2.08. The van der Waals surface area contributed by atoms with Gasteiger partial charge in [0, 0.05) is 12.6 Å². The molecule has 1 heterocycles. The van der Waals surface area contributed by atoms with E-state index in [2.05, 4.69) is 62.3 Å². The molecule has 0 spiro atoms. The Bertz CT molecular complexity index is 410. The molecule has 118 valence electrons. The highest BCUT2D eigenvalue weighted by Gasteiger charge is 2.21. The van der Waals surface area contributed by atoms with E-state index in [1.54, 1.807) is 0 Å². The second kappa shape index (κ2) is 7.95. The van der Waals surface area contributed by atoms with E-state index in [4.69, 9.17) is 0 Å². The van der Waals surface area contributed by atoms with Crippen LogP contribution in [-0.4, -0.2) is 31.6 Å². The van der Waals surface area contributed by atoms with Gasteiger partial charge in [0.05, 0.1) is 0 Å². The highest BCUT2D eigenvalue weighted by molar-refractivity contribution is 5.24. The summed E-state index contributed by atoms with van der Waals surface area (Å²) in [4.78, 5) is 2.66. The molecule has 1 fully saturated rings. The molecule has 1 aliphatic heterocycles. The quantitative estimate of drug-likeness (QED) is 0.880. The smallest absolute Gasteiger partial charge is 0.0446 e. The van der Waals surface area contributed by atoms with Crippen molar-refractivity contribution >= 4 is 0 Å². The molecule has 0 saturated carbocycles. The molecule has 21 heavy (non-hydrogen) atoms. The average molecular weight is 288 g/mol. The summed E-state index contributed by atoms with van der Waals surface area (Å²) in [6.07, 6.45) is 4.12. The maximum absolute atomic E-state index is 3.50. The first kappa shape index (κ1) is 16.5. The second-order valence-electron chi connectivity index (χ2n) is 6.99. The average Bonchev–Trinajstić information content (AvgIpc) is 2.71. The van der Waals surface area contributed by atoms with Crippen LogP contribution < -0.4 is 5.32 Å². The maximum Gasteiger partial charge on any atom is 0.0446 e. The van der Waals surface area contributed by atoms with Crippen molar-refractivity contribution in [2.24, 2.45) is 11.8 Å². The third kappa shape index (κ3) is 4.82. The predicted octanol–water partition coefficient (Wildman–Crippen LogP) is 4.01. The van der Waals surface area contributed by atoms with Crippen LogP contribution >= 0.6 is 0 Å². The number of nitrogens with one attached hydrogen (secondary N) is 1. The molecular formula is C19H32N2. The predicted molar refractivity (Wildman–Crippen MR) is 91.6 cm³/mol. The number of hydrogen-bond donors (Lipinski definition) is 1. The molecule has 0 amide bonds. The van der Waals surface area contributed by atoms with Gasteiger partial charge in [-0.25, -0.2) is 0 Å². The van der Waals surface area contributed by atoms with E-state index >= 15 is 0 Å². The van der Waals surface area contributed by atoms with Crippen molar-refractivity contribution in [2.45, 2.75) is 46.1 Å². The van der Waals surface area contributed by atoms with Gasteiger partial charge in [-0.2, -0.15) is 0 Å². The summed E-state index contributed by atoms with van der Waals surface area (Å²) >= 11 is 0. The largest absolute Gasteiger partial charge is 0.312 e. The van der Waals surface area contributed by atoms with Crippen LogP contribution in [0.25, 0.3) is 0 Å². The fraction of sp³-hybridized carbons (Fsp3) is 0.684. The van der Waals surface area contributed by atoms with Crippen LogP contribution in [0.5, 0.6) is 0 Å². The highest BCUT2D eigenvalue weighted by atomic mass is 15.1. The fourth-order valence-corrected chi connectivity index (χ4v) is 3.45. The number of likely N-dealkylation sites (tertiary alicyclic amines) is 1. The zero-order chi connectivity index (χ0) is 15.2. The topological polar surface area (TPSA) is 15.3 Å². The van der Waals surface area contributed by atoms with Crippen molar-refractivity contribution < 1.29 is 0 Å². The molecule has 2 rings (SSSR count). The number of benzene rings is 1. The van der Waals surface area contributed by atoms with E-state index in [0.717, 1.165) is 18.4 Å². The van der Waals surface area contributed by atoms with Crippen LogP contribution in [0.1, 0.15) is 50.3 Å². The summed E-state index contributed by atoms with van der Waals surface area (Å²) in [5, 5.41) is 3.50. The molecule has 2 atom stereocenters. The molecule has 1 aromatic carbocycles. The first-order valence-electron chi connectivity index (χ1n) is 8.56. The van der Waals surface area contributed by atoms with Crippen LogP contribution in [0.4, 0.5) is 0 Å². The zero-order valence-corrected chi connectivity index (χ0v) is 14.2. The Morgan fingerprint density at radius 1 is 1.14 bits per heavy atom. The summed E-state index contributed by atoms with van der Waals surface area (Å²) < 4.78 is 0. The lowest BCUT2D eigenvalue weighted by atomic mass is 9.89. The first-order valence-corrected chi connectivity index (χ1v) is 8.56. The molecule has 1 aliphatic rings. The van der Waals surface area contributed by atoms with Crippen molar-refractivity contribution in [3.8, 4) is 0 Å². The lowest BCUT2D eigenvalue weighted by Crippen LogP contribution is -2.34. The molecule has 0 aliphatic carbocycles. The molecule has 0 aromatic heterocycles. The number of likely N-dealkylation sites (N-methyl/N-ethyl adjacent to an activating group) is 1. The minimum absolute atomic E-state index is 0.446. The van der Waals surface area contributed by atoms with Crippen molar-refractivity contribution in [1.82, 2.24) is 10.2 Å². The Balaban J connectivity index is 1.94. The molecule has 1 aromatic rings. The van der Waals surface area contributed by atoms with E-state index in [1.165, 1.54) is 43.5 Å². The van der Waals surface area contributed by atoms with Gasteiger partial charge in [0.1, 0.15) is 0 Å². The number of aryl methyl sites for hydroxylation is 1. The van der Waals surface area contributed by atoms with Crippen molar-refractivity contribution in [2.75, 3.05) is 26.7 Å². The third-order valence-electron chi connectivity index (χ3n) is 5.08. The molecular weight excluding hydrogens is 256 g/mol. The molecule has 1 saturated heterocycles. The Kier molecular flexibility index (Phi) is 6.25. The molecule has 2 unspecified atom stereocenters. The minimum atomic E-state index is 0.446. The Hall–Kier alpha value is -0.860. The molecule has 2 heteroatoms. The Labute approximate surface area is 130 Å². The monoisotopic (exact) mass is 288 g/mol. The van der Waals surface area contributed by atoms with E-state index in [9.17, 15) is 0 Å². The zero-order valence-electron chi connectivity index (χ0n) is 14.2. The molecule has 0 radical (unpaired) electrons. The van der Waals surface area contributed by atoms with Gasteiger partial charge in [0.25, 0.3) is 0 Å². The normalized spacial score (nSPS) is 22.2. The van der Waals surface area contributed by atoms with Gasteiger partial charge in [-0.3, -0.25) is 0 Å². The Morgan fingerprint density at radius 3 is 2.48 bits per heavy atom. The van der Waals surface area contributed by atoms with Gasteiger partial charge in [-0.1, -0.05) is 43.7 Å². The summed E-state index contributed by atoms with van der Waals surface area (Å²) in [6.45, 7) is 10.6. The van der Waals surface area contributed by atoms with Gasteiger partial charge in [-0.15, -0.1) is 0 Å². The minimum Gasteiger partial charge on any atom is -0.312 e. The van der Waals surface area contributed by atoms with Gasteiger partial charge in [-0.05, 0) is 63.7 Å². The van der Waals surface area contributed by atoms with Crippen molar-refractivity contribution in [1.29, 1.82) is 0 Å². The SMILES string of the molecule is CNC(CN1CCCC(C(C)C)CC1)c1ccc(C)cc1. The van der Waals surface area contributed by atoms with Crippen LogP contribution in [0, 0.1) is 18.8 Å². The van der Waals surface area contributed by atoms with Crippen LogP contribution in [-0.2, 0) is 0 Å². The highest BCUT2D eigenvalue weighted by Crippen LogP contribution is 2.25. The van der Waals surface area contributed by atoms with Crippen LogP contribution in [0.3, 0.4) is 0 Å². The first-order chi connectivity index (χ1) is 10.1. The maximum atomic E-state index is 3.50. The van der Waals surface area contributed by atoms with E-state index in [0.29, 0.717) is 6.04 Å². The van der Waals surface area contributed by atoms with E-state index < -0.39 is 0 Å². The van der Waals surface area contributed by atoms with Crippen molar-refractivity contribution in [3.63, 3.8) is 0 Å². The lowest BCUT2D eigenvalue weighted by Gasteiger charge is -2.27. The van der Waals surface area contributed by atoms with Gasteiger partial charge in [0.15, 0.2) is 0 Å². The number of rotatable bonds is 5. The number of nitrogens with zero attached hydrogens (tertiary/aromatic N) is 1. The van der Waals surface area contributed by atoms with Gasteiger partial charge < -0.3 is 10.2 Å². The number of hydrogen-bond acceptors (Lipinski definition) is 2. The fourth-order valence-electron chi connectivity index (χ4n) is 3.45. The molecule has 1 N–H and O–H groups in total. The lowest BCUT2D eigenvalue weighted by molar-refractivity contribution is 0.247. The summed E-state index contributed by atoms with van der Waals surface area (Å²) in [5.74, 6) is 1.75. The van der Waals surface area contributed by atoms with Gasteiger partial charge in [0.2, 0.25) is 0 Å². The Morgan fingerprint density at radius 2 is 1.86 bits per heavy atom. The van der Waals surface area contributed by atoms with Gasteiger partial charge >= 0.3 is 0 Å². The molecule has 2 nitrogen and oxygen atoms in total. The summed E-state index contributed by atoms with van der Waals surface area (Å²) in [6, 6.07) is 9.42.